The van der Waals surface area contributed by atoms with Crippen LogP contribution in [0, 0.1) is 28.6 Å². The molecular formula is C30H48N2O2. The van der Waals surface area contributed by atoms with E-state index < -0.39 is 0 Å². The summed E-state index contributed by atoms with van der Waals surface area (Å²) in [5, 5.41) is 0. The molecule has 4 aliphatic carbocycles. The molecule has 2 aliphatic heterocycles. The van der Waals surface area contributed by atoms with Gasteiger partial charge in [-0.15, -0.1) is 0 Å². The van der Waals surface area contributed by atoms with Gasteiger partial charge in [-0.25, -0.2) is 0 Å². The van der Waals surface area contributed by atoms with E-state index in [0.717, 1.165) is 17.9 Å². The summed E-state index contributed by atoms with van der Waals surface area (Å²) in [6.45, 7) is 11.8. The van der Waals surface area contributed by atoms with E-state index in [1.807, 2.05) is 5.57 Å². The van der Waals surface area contributed by atoms with E-state index >= 15 is 0 Å². The van der Waals surface area contributed by atoms with Gasteiger partial charge in [0.15, 0.2) is 0 Å². The van der Waals surface area contributed by atoms with Gasteiger partial charge in [-0.1, -0.05) is 31.9 Å². The number of hydrogen-bond acceptors (Lipinski definition) is 4. The van der Waals surface area contributed by atoms with Crippen molar-refractivity contribution in [1.82, 2.24) is 9.80 Å². The third-order valence-electron chi connectivity index (χ3n) is 11.8. The second-order valence-corrected chi connectivity index (χ2v) is 13.4. The van der Waals surface area contributed by atoms with Crippen LogP contribution in [-0.4, -0.2) is 60.1 Å². The van der Waals surface area contributed by atoms with Crippen LogP contribution in [-0.2, 0) is 9.53 Å². The van der Waals surface area contributed by atoms with Crippen molar-refractivity contribution in [1.29, 1.82) is 0 Å². The normalized spacial score (nSPS) is 47.4. The number of esters is 1. The lowest BCUT2D eigenvalue weighted by Crippen LogP contribution is -2.53. The van der Waals surface area contributed by atoms with Crippen LogP contribution in [0.5, 0.6) is 0 Å². The lowest BCUT2D eigenvalue weighted by atomic mass is 9.48. The number of carbonyl (C=O) groups is 1. The molecule has 0 aromatic heterocycles. The number of allylic oxidation sites excluding steroid dienone is 1. The number of piperidine rings is 1. The van der Waals surface area contributed by atoms with Crippen molar-refractivity contribution in [3.05, 3.63) is 11.6 Å². The molecule has 8 atom stereocenters. The largest absolute Gasteiger partial charge is 0.460 e. The van der Waals surface area contributed by atoms with E-state index in [9.17, 15) is 4.79 Å². The Morgan fingerprint density at radius 3 is 2.38 bits per heavy atom. The first-order valence-corrected chi connectivity index (χ1v) is 14.7. The summed E-state index contributed by atoms with van der Waals surface area (Å²) in [4.78, 5) is 17.8. The van der Waals surface area contributed by atoms with E-state index in [-0.39, 0.29) is 17.5 Å². The molecule has 2 heterocycles. The Morgan fingerprint density at radius 2 is 1.65 bits per heavy atom. The lowest BCUT2D eigenvalue weighted by Gasteiger charge is -2.58. The fraction of sp³-hybridized carbons (Fsp3) is 0.900. The van der Waals surface area contributed by atoms with Gasteiger partial charge >= 0.3 is 5.97 Å². The Labute approximate surface area is 207 Å². The van der Waals surface area contributed by atoms with Crippen molar-refractivity contribution >= 4 is 5.97 Å². The van der Waals surface area contributed by atoms with Crippen molar-refractivity contribution in [3.63, 3.8) is 0 Å². The highest BCUT2D eigenvalue weighted by Gasteiger charge is 2.63. The highest BCUT2D eigenvalue weighted by atomic mass is 16.5. The van der Waals surface area contributed by atoms with E-state index in [2.05, 4.69) is 29.7 Å². The second-order valence-electron chi connectivity index (χ2n) is 13.4. The molecule has 6 rings (SSSR count). The predicted octanol–water partition coefficient (Wildman–Crippen LogP) is 5.81. The first kappa shape index (κ1) is 23.5. The Kier molecular flexibility index (Phi) is 6.16. The molecule has 6 aliphatic rings. The minimum absolute atomic E-state index is 0.0750. The molecule has 0 aromatic rings. The molecule has 4 heteroatoms. The van der Waals surface area contributed by atoms with Gasteiger partial charge in [-0.2, -0.15) is 0 Å². The lowest BCUT2D eigenvalue weighted by molar-refractivity contribution is -0.161. The maximum absolute atomic E-state index is 12.3. The molecule has 0 bridgehead atoms. The molecule has 0 aromatic carbocycles. The molecule has 34 heavy (non-hydrogen) atoms. The van der Waals surface area contributed by atoms with Gasteiger partial charge in [-0.3, -0.25) is 9.69 Å². The topological polar surface area (TPSA) is 32.8 Å². The summed E-state index contributed by atoms with van der Waals surface area (Å²) in [6.07, 6.45) is 18.7. The van der Waals surface area contributed by atoms with Crippen LogP contribution in [0.4, 0.5) is 0 Å². The third kappa shape index (κ3) is 3.72. The van der Waals surface area contributed by atoms with Crippen LogP contribution in [0.25, 0.3) is 0 Å². The van der Waals surface area contributed by atoms with E-state index in [0.29, 0.717) is 17.4 Å². The summed E-state index contributed by atoms with van der Waals surface area (Å²) in [5.41, 5.74) is 2.35. The molecule has 0 N–H and O–H groups in total. The summed E-state index contributed by atoms with van der Waals surface area (Å²) in [6, 6.07) is 1.23. The quantitative estimate of drug-likeness (QED) is 0.386. The maximum atomic E-state index is 12.3. The predicted molar refractivity (Wildman–Crippen MR) is 136 cm³/mol. The van der Waals surface area contributed by atoms with Gasteiger partial charge < -0.3 is 9.64 Å². The van der Waals surface area contributed by atoms with Gasteiger partial charge in [0.2, 0.25) is 0 Å². The first-order valence-electron chi connectivity index (χ1n) is 14.7. The van der Waals surface area contributed by atoms with Crippen LogP contribution in [0.15, 0.2) is 11.6 Å². The fourth-order valence-electron chi connectivity index (χ4n) is 10.0. The average molecular weight is 469 g/mol. The number of rotatable bonds is 3. The SMILES string of the molecule is CC(=O)O[C@H]1[C@@H](N2CCCCC2)C[C@H]2[C@@H]3CC=C4C[C@@H](N5CCCC5)CC[C@]4(C)[C@H]3CC[C@@]21C. The zero-order valence-corrected chi connectivity index (χ0v) is 22.1. The van der Waals surface area contributed by atoms with Crippen LogP contribution in [0.3, 0.4) is 0 Å². The minimum atomic E-state index is -0.0750. The number of hydrogen-bond donors (Lipinski definition) is 0. The van der Waals surface area contributed by atoms with Crippen molar-refractivity contribution in [2.45, 2.75) is 116 Å². The standard InChI is InChI=1S/C30H48N2O2/c1-21(33)34-28-27(32-17-5-4-6-18-32)20-26-24-10-9-22-19-23(31-15-7-8-16-31)11-13-29(22,2)25(24)12-14-30(26,28)3/h9,23-28H,4-8,10-20H2,1-3H3/t23-,24+,25-,26-,27-,28-,29-,30-/m0/s1. The fourth-order valence-corrected chi connectivity index (χ4v) is 10.0. The van der Waals surface area contributed by atoms with Crippen LogP contribution < -0.4 is 0 Å². The number of nitrogens with zero attached hydrogens (tertiary/aromatic N) is 2. The first-order chi connectivity index (χ1) is 16.4. The molecule has 0 unspecified atom stereocenters. The highest BCUT2D eigenvalue weighted by Crippen LogP contribution is 2.66. The average Bonchev–Trinajstić information content (AvgIpc) is 3.46. The number of fused-ring (bicyclic) bond motifs is 5. The summed E-state index contributed by atoms with van der Waals surface area (Å²) in [7, 11) is 0. The Balaban J connectivity index is 1.26. The molecule has 5 fully saturated rings. The van der Waals surface area contributed by atoms with Gasteiger partial charge in [0.25, 0.3) is 0 Å². The molecule has 0 amide bonds. The Bertz CT molecular complexity index is 813. The third-order valence-corrected chi connectivity index (χ3v) is 11.8. The van der Waals surface area contributed by atoms with Gasteiger partial charge in [0, 0.05) is 24.4 Å². The molecular weight excluding hydrogens is 420 g/mol. The smallest absolute Gasteiger partial charge is 0.302 e. The van der Waals surface area contributed by atoms with Crippen molar-refractivity contribution in [2.24, 2.45) is 28.6 Å². The molecule has 4 nitrogen and oxygen atoms in total. The summed E-state index contributed by atoms with van der Waals surface area (Å²) in [5.74, 6) is 2.20. The molecule has 0 spiro atoms. The van der Waals surface area contributed by atoms with Crippen LogP contribution in [0.1, 0.15) is 97.8 Å². The van der Waals surface area contributed by atoms with E-state index in [1.165, 1.54) is 103 Å². The molecule has 0 radical (unpaired) electrons. The molecule has 2 saturated heterocycles. The van der Waals surface area contributed by atoms with Crippen LogP contribution in [0.2, 0.25) is 0 Å². The highest BCUT2D eigenvalue weighted by molar-refractivity contribution is 5.66. The zero-order valence-electron chi connectivity index (χ0n) is 22.1. The van der Waals surface area contributed by atoms with Crippen molar-refractivity contribution in [3.8, 4) is 0 Å². The van der Waals surface area contributed by atoms with E-state index in [4.69, 9.17) is 4.74 Å². The minimum Gasteiger partial charge on any atom is -0.460 e. The monoisotopic (exact) mass is 468 g/mol. The number of likely N-dealkylation sites (tertiary alicyclic amines) is 2. The Morgan fingerprint density at radius 1 is 0.941 bits per heavy atom. The van der Waals surface area contributed by atoms with E-state index in [1.54, 1.807) is 6.92 Å². The molecule has 3 saturated carbocycles. The Hall–Kier alpha value is -0.870. The molecule has 190 valence electrons. The van der Waals surface area contributed by atoms with Gasteiger partial charge in [0.1, 0.15) is 6.10 Å². The summed E-state index contributed by atoms with van der Waals surface area (Å²) < 4.78 is 6.23. The van der Waals surface area contributed by atoms with Crippen LogP contribution >= 0.6 is 0 Å². The second kappa shape index (κ2) is 8.91. The van der Waals surface area contributed by atoms with Crippen molar-refractivity contribution in [2.75, 3.05) is 26.2 Å². The van der Waals surface area contributed by atoms with Gasteiger partial charge in [0.05, 0.1) is 0 Å². The maximum Gasteiger partial charge on any atom is 0.302 e. The van der Waals surface area contributed by atoms with Gasteiger partial charge in [-0.05, 0) is 120 Å². The number of ether oxygens (including phenoxy) is 1. The number of carbonyl (C=O) groups excluding carboxylic acids is 1. The zero-order chi connectivity index (χ0) is 23.5. The van der Waals surface area contributed by atoms with Crippen molar-refractivity contribution < 1.29 is 9.53 Å². The summed E-state index contributed by atoms with van der Waals surface area (Å²) >= 11 is 0.